The van der Waals surface area contributed by atoms with E-state index in [2.05, 4.69) is 16.4 Å². The predicted octanol–water partition coefficient (Wildman–Crippen LogP) is 3.69. The van der Waals surface area contributed by atoms with Crippen LogP contribution < -0.4 is 5.73 Å². The molecule has 1 aromatic carbocycles. The molecule has 2 N–H and O–H groups in total. The van der Waals surface area contributed by atoms with Gasteiger partial charge in [0.2, 0.25) is 0 Å². The highest BCUT2D eigenvalue weighted by Gasteiger charge is 2.11. The van der Waals surface area contributed by atoms with Gasteiger partial charge in [-0.2, -0.15) is 0 Å². The highest BCUT2D eigenvalue weighted by molar-refractivity contribution is 7.09. The number of nitrogens with zero attached hydrogens (tertiary/aromatic N) is 2. The molecule has 0 aliphatic heterocycles. The zero-order valence-corrected chi connectivity index (χ0v) is 12.0. The first kappa shape index (κ1) is 12.8. The summed E-state index contributed by atoms with van der Waals surface area (Å²) >= 11 is 1.71. The number of hydrogen-bond acceptors (Lipinski definition) is 4. The van der Waals surface area contributed by atoms with E-state index < -0.39 is 0 Å². The Bertz CT molecular complexity index is 706. The van der Waals surface area contributed by atoms with Crippen LogP contribution in [0.3, 0.4) is 0 Å². The molecule has 3 rings (SSSR count). The molecule has 4 heteroatoms. The van der Waals surface area contributed by atoms with Crippen LogP contribution in [0.1, 0.15) is 16.3 Å². The molecule has 0 aliphatic carbocycles. The molecule has 0 aliphatic rings. The lowest BCUT2D eigenvalue weighted by Crippen LogP contribution is -2.05. The molecule has 0 fully saturated rings. The first-order valence-electron chi connectivity index (χ1n) is 6.45. The molecule has 20 heavy (non-hydrogen) atoms. The second kappa shape index (κ2) is 5.43. The quantitative estimate of drug-likeness (QED) is 0.796. The lowest BCUT2D eigenvalue weighted by molar-refractivity contribution is 0.979. The largest absolute Gasteiger partial charge is 0.383 e. The summed E-state index contributed by atoms with van der Waals surface area (Å²) in [4.78, 5) is 10.3. The lowest BCUT2D eigenvalue weighted by atomic mass is 10.1. The maximum absolute atomic E-state index is 6.04. The molecule has 0 spiro atoms. The fourth-order valence-electron chi connectivity index (χ4n) is 2.11. The van der Waals surface area contributed by atoms with Crippen LogP contribution in [0.5, 0.6) is 0 Å². The van der Waals surface area contributed by atoms with Crippen LogP contribution in [0, 0.1) is 6.92 Å². The van der Waals surface area contributed by atoms with Crippen LogP contribution in [0.4, 0.5) is 5.82 Å². The minimum Gasteiger partial charge on any atom is -0.383 e. The first-order chi connectivity index (χ1) is 9.74. The third-order valence-electron chi connectivity index (χ3n) is 3.19. The van der Waals surface area contributed by atoms with Gasteiger partial charge in [0.05, 0.1) is 5.69 Å². The van der Waals surface area contributed by atoms with Crippen molar-refractivity contribution in [1.82, 2.24) is 9.97 Å². The molecule has 2 aromatic heterocycles. The van der Waals surface area contributed by atoms with Crippen LogP contribution in [-0.2, 0) is 6.42 Å². The molecule has 0 unspecified atom stereocenters. The third-order valence-corrected chi connectivity index (χ3v) is 4.07. The number of benzene rings is 1. The van der Waals surface area contributed by atoms with Crippen molar-refractivity contribution in [3.8, 4) is 11.3 Å². The van der Waals surface area contributed by atoms with E-state index >= 15 is 0 Å². The number of nitrogens with two attached hydrogens (primary N) is 1. The summed E-state index contributed by atoms with van der Waals surface area (Å²) in [5, 5.41) is 2.06. The summed E-state index contributed by atoms with van der Waals surface area (Å²) in [5.74, 6) is 1.33. The topological polar surface area (TPSA) is 51.8 Å². The van der Waals surface area contributed by atoms with Gasteiger partial charge in [-0.3, -0.25) is 0 Å². The summed E-state index contributed by atoms with van der Waals surface area (Å²) in [6.07, 6.45) is 0.724. The second-order valence-electron chi connectivity index (χ2n) is 4.62. The van der Waals surface area contributed by atoms with E-state index in [0.29, 0.717) is 5.82 Å². The zero-order chi connectivity index (χ0) is 13.9. The Labute approximate surface area is 122 Å². The van der Waals surface area contributed by atoms with Crippen molar-refractivity contribution in [2.24, 2.45) is 0 Å². The molecule has 0 atom stereocenters. The van der Waals surface area contributed by atoms with Crippen molar-refractivity contribution < 1.29 is 0 Å². The van der Waals surface area contributed by atoms with E-state index in [-0.39, 0.29) is 0 Å². The van der Waals surface area contributed by atoms with Gasteiger partial charge < -0.3 is 5.73 Å². The fraction of sp³-hybridized carbons (Fsp3) is 0.125. The van der Waals surface area contributed by atoms with Crippen molar-refractivity contribution >= 4 is 17.2 Å². The number of anilines is 1. The van der Waals surface area contributed by atoms with Gasteiger partial charge >= 0.3 is 0 Å². The molecule has 3 nitrogen and oxygen atoms in total. The molecule has 100 valence electrons. The predicted molar refractivity (Wildman–Crippen MR) is 83.7 cm³/mol. The maximum Gasteiger partial charge on any atom is 0.136 e. The normalized spacial score (nSPS) is 10.7. The minimum atomic E-state index is 0.561. The number of aromatic nitrogens is 2. The Morgan fingerprint density at radius 2 is 1.85 bits per heavy atom. The lowest BCUT2D eigenvalue weighted by Gasteiger charge is -2.09. The average Bonchev–Trinajstić information content (AvgIpc) is 2.96. The van der Waals surface area contributed by atoms with E-state index in [1.54, 1.807) is 11.3 Å². The van der Waals surface area contributed by atoms with Crippen LogP contribution in [-0.4, -0.2) is 9.97 Å². The van der Waals surface area contributed by atoms with Crippen LogP contribution in [0.15, 0.2) is 47.8 Å². The minimum absolute atomic E-state index is 0.561. The molecule has 0 radical (unpaired) electrons. The summed E-state index contributed by atoms with van der Waals surface area (Å²) < 4.78 is 0. The summed E-state index contributed by atoms with van der Waals surface area (Å²) in [6, 6.07) is 14.2. The van der Waals surface area contributed by atoms with Gasteiger partial charge in [-0.1, -0.05) is 36.4 Å². The standard InChI is InChI=1S/C16H15N3S/c1-11-15(12-6-3-2-4-7-12)18-14(19-16(11)17)10-13-8-5-9-20-13/h2-9H,10H2,1H3,(H2,17,18,19). The molecule has 0 amide bonds. The monoisotopic (exact) mass is 281 g/mol. The van der Waals surface area contributed by atoms with Gasteiger partial charge in [0.1, 0.15) is 11.6 Å². The fourth-order valence-corrected chi connectivity index (χ4v) is 2.81. The smallest absolute Gasteiger partial charge is 0.136 e. The Morgan fingerprint density at radius 1 is 1.05 bits per heavy atom. The van der Waals surface area contributed by atoms with Crippen molar-refractivity contribution in [2.75, 3.05) is 5.73 Å². The van der Waals surface area contributed by atoms with Gasteiger partial charge in [-0.25, -0.2) is 9.97 Å². The number of hydrogen-bond donors (Lipinski definition) is 1. The molecule has 3 aromatic rings. The Morgan fingerprint density at radius 3 is 2.55 bits per heavy atom. The van der Waals surface area contributed by atoms with E-state index in [0.717, 1.165) is 29.1 Å². The molecule has 0 saturated heterocycles. The van der Waals surface area contributed by atoms with Crippen LogP contribution >= 0.6 is 11.3 Å². The van der Waals surface area contributed by atoms with Gasteiger partial charge in [0, 0.05) is 22.4 Å². The van der Waals surface area contributed by atoms with E-state index in [9.17, 15) is 0 Å². The summed E-state index contributed by atoms with van der Waals surface area (Å²) in [5.41, 5.74) is 8.97. The number of rotatable bonds is 3. The number of thiophene rings is 1. The van der Waals surface area contributed by atoms with Gasteiger partial charge in [0.25, 0.3) is 0 Å². The third kappa shape index (κ3) is 2.56. The Balaban J connectivity index is 2.04. The summed E-state index contributed by atoms with van der Waals surface area (Å²) in [7, 11) is 0. The van der Waals surface area contributed by atoms with Crippen molar-refractivity contribution in [3.63, 3.8) is 0 Å². The van der Waals surface area contributed by atoms with Gasteiger partial charge in [0.15, 0.2) is 0 Å². The average molecular weight is 281 g/mol. The highest BCUT2D eigenvalue weighted by atomic mass is 32.1. The maximum atomic E-state index is 6.04. The number of nitrogen functional groups attached to an aromatic ring is 1. The SMILES string of the molecule is Cc1c(N)nc(Cc2cccs2)nc1-c1ccccc1. The second-order valence-corrected chi connectivity index (χ2v) is 5.65. The Hall–Kier alpha value is -2.20. The highest BCUT2D eigenvalue weighted by Crippen LogP contribution is 2.25. The van der Waals surface area contributed by atoms with Gasteiger partial charge in [-0.15, -0.1) is 11.3 Å². The van der Waals surface area contributed by atoms with E-state index in [4.69, 9.17) is 10.7 Å². The molecule has 0 saturated carbocycles. The molecule has 0 bridgehead atoms. The van der Waals surface area contributed by atoms with Gasteiger partial charge in [-0.05, 0) is 18.4 Å². The molecule has 2 heterocycles. The molecular formula is C16H15N3S. The van der Waals surface area contributed by atoms with Crippen LogP contribution in [0.25, 0.3) is 11.3 Å². The Kier molecular flexibility index (Phi) is 3.48. The van der Waals surface area contributed by atoms with Crippen molar-refractivity contribution in [3.05, 3.63) is 64.1 Å². The van der Waals surface area contributed by atoms with E-state index in [1.807, 2.05) is 43.3 Å². The molecular weight excluding hydrogens is 266 g/mol. The summed E-state index contributed by atoms with van der Waals surface area (Å²) in [6.45, 7) is 1.96. The van der Waals surface area contributed by atoms with Crippen molar-refractivity contribution in [2.45, 2.75) is 13.3 Å². The first-order valence-corrected chi connectivity index (χ1v) is 7.33. The zero-order valence-electron chi connectivity index (χ0n) is 11.2. The van der Waals surface area contributed by atoms with Crippen LogP contribution in [0.2, 0.25) is 0 Å². The van der Waals surface area contributed by atoms with Crippen molar-refractivity contribution in [1.29, 1.82) is 0 Å². The van der Waals surface area contributed by atoms with E-state index in [1.165, 1.54) is 4.88 Å².